The third-order valence-corrected chi connectivity index (χ3v) is 6.61. The van der Waals surface area contributed by atoms with Crippen molar-refractivity contribution in [1.29, 1.82) is 0 Å². The summed E-state index contributed by atoms with van der Waals surface area (Å²) in [5.74, 6) is 0.393. The summed E-state index contributed by atoms with van der Waals surface area (Å²) in [6, 6.07) is 10.8. The van der Waals surface area contributed by atoms with Crippen LogP contribution >= 0.6 is 12.2 Å². The summed E-state index contributed by atoms with van der Waals surface area (Å²) >= 11 is 5.40. The molecule has 2 aromatic carbocycles. The molecule has 1 heterocycles. The van der Waals surface area contributed by atoms with Crippen LogP contribution in [-0.4, -0.2) is 51.2 Å². The third kappa shape index (κ3) is 5.24. The van der Waals surface area contributed by atoms with Gasteiger partial charge in [-0.1, -0.05) is 6.07 Å². The Morgan fingerprint density at radius 1 is 1.07 bits per heavy atom. The molecule has 0 spiro atoms. The van der Waals surface area contributed by atoms with Crippen LogP contribution in [0, 0.1) is 13.8 Å². The van der Waals surface area contributed by atoms with Crippen molar-refractivity contribution in [3.63, 3.8) is 0 Å². The molecule has 29 heavy (non-hydrogen) atoms. The summed E-state index contributed by atoms with van der Waals surface area (Å²) in [6.45, 7) is 5.52. The molecule has 1 fully saturated rings. The van der Waals surface area contributed by atoms with Gasteiger partial charge in [-0.25, -0.2) is 8.42 Å². The molecule has 0 atom stereocenters. The van der Waals surface area contributed by atoms with E-state index in [2.05, 4.69) is 16.7 Å². The predicted molar refractivity (Wildman–Crippen MR) is 118 cm³/mol. The second kappa shape index (κ2) is 9.08. The zero-order valence-electron chi connectivity index (χ0n) is 16.7. The van der Waals surface area contributed by atoms with Gasteiger partial charge in [0.25, 0.3) is 0 Å². The lowest BCUT2D eigenvalue weighted by molar-refractivity contribution is 0.0730. The quantitative estimate of drug-likeness (QED) is 0.699. The SMILES string of the molecule is COc1cc(S(=O)(=O)N2CCOCC2)ccc1NC(=S)Nc1cc(C)cc(C)c1. The van der Waals surface area contributed by atoms with E-state index >= 15 is 0 Å². The van der Waals surface area contributed by atoms with E-state index in [0.29, 0.717) is 42.9 Å². The van der Waals surface area contributed by atoms with Crippen molar-refractivity contribution in [3.05, 3.63) is 47.5 Å². The topological polar surface area (TPSA) is 79.9 Å². The second-order valence-corrected chi connectivity index (χ2v) is 9.18. The predicted octanol–water partition coefficient (Wildman–Crippen LogP) is 3.14. The van der Waals surface area contributed by atoms with Crippen molar-refractivity contribution in [2.24, 2.45) is 0 Å². The highest BCUT2D eigenvalue weighted by Gasteiger charge is 2.27. The number of anilines is 2. The average molecular weight is 436 g/mol. The van der Waals surface area contributed by atoms with Gasteiger partial charge < -0.3 is 20.1 Å². The molecule has 9 heteroatoms. The minimum Gasteiger partial charge on any atom is -0.495 e. The van der Waals surface area contributed by atoms with Gasteiger partial charge in [0.2, 0.25) is 10.0 Å². The Labute approximate surface area is 177 Å². The van der Waals surface area contributed by atoms with Gasteiger partial charge in [-0.15, -0.1) is 0 Å². The van der Waals surface area contributed by atoms with Crippen molar-refractivity contribution in [3.8, 4) is 5.75 Å². The molecule has 0 radical (unpaired) electrons. The summed E-state index contributed by atoms with van der Waals surface area (Å²) in [4.78, 5) is 0.176. The molecule has 7 nitrogen and oxygen atoms in total. The van der Waals surface area contributed by atoms with Gasteiger partial charge in [0, 0.05) is 24.8 Å². The van der Waals surface area contributed by atoms with Crippen LogP contribution in [0.5, 0.6) is 5.75 Å². The number of thiocarbonyl (C=S) groups is 1. The number of hydrogen-bond acceptors (Lipinski definition) is 5. The number of ether oxygens (including phenoxy) is 2. The summed E-state index contributed by atoms with van der Waals surface area (Å²) in [5.41, 5.74) is 3.72. The van der Waals surface area contributed by atoms with E-state index < -0.39 is 10.0 Å². The van der Waals surface area contributed by atoms with Crippen LogP contribution in [0.2, 0.25) is 0 Å². The molecule has 0 bridgehead atoms. The number of sulfonamides is 1. The Morgan fingerprint density at radius 3 is 2.34 bits per heavy atom. The number of methoxy groups -OCH3 is 1. The molecule has 1 aliphatic rings. The fourth-order valence-corrected chi connectivity index (χ4v) is 4.85. The zero-order chi connectivity index (χ0) is 21.0. The lowest BCUT2D eigenvalue weighted by Gasteiger charge is -2.26. The Bertz CT molecular complexity index is 983. The van der Waals surface area contributed by atoms with E-state index in [1.807, 2.05) is 26.0 Å². The molecule has 3 rings (SSSR count). The van der Waals surface area contributed by atoms with Crippen LogP contribution in [0.15, 0.2) is 41.3 Å². The van der Waals surface area contributed by atoms with Crippen LogP contribution in [0.1, 0.15) is 11.1 Å². The smallest absolute Gasteiger partial charge is 0.243 e. The Morgan fingerprint density at radius 2 is 1.72 bits per heavy atom. The van der Waals surface area contributed by atoms with Crippen LogP contribution in [0.4, 0.5) is 11.4 Å². The molecule has 0 amide bonds. The highest BCUT2D eigenvalue weighted by Crippen LogP contribution is 2.29. The van der Waals surface area contributed by atoms with Gasteiger partial charge >= 0.3 is 0 Å². The summed E-state index contributed by atoms with van der Waals surface area (Å²) in [7, 11) is -2.11. The highest BCUT2D eigenvalue weighted by molar-refractivity contribution is 7.89. The monoisotopic (exact) mass is 435 g/mol. The Balaban J connectivity index is 1.77. The van der Waals surface area contributed by atoms with Crippen LogP contribution in [-0.2, 0) is 14.8 Å². The maximum atomic E-state index is 12.9. The molecular formula is C20H25N3O4S2. The lowest BCUT2D eigenvalue weighted by atomic mass is 10.1. The first kappa shape index (κ1) is 21.5. The molecular weight excluding hydrogens is 410 g/mol. The van der Waals surface area contributed by atoms with E-state index in [1.165, 1.54) is 17.5 Å². The van der Waals surface area contributed by atoms with E-state index in [4.69, 9.17) is 21.7 Å². The van der Waals surface area contributed by atoms with Crippen molar-refractivity contribution in [2.75, 3.05) is 44.0 Å². The van der Waals surface area contributed by atoms with Crippen LogP contribution < -0.4 is 15.4 Å². The van der Waals surface area contributed by atoms with E-state index in [9.17, 15) is 8.42 Å². The van der Waals surface area contributed by atoms with Crippen molar-refractivity contribution >= 4 is 38.7 Å². The van der Waals surface area contributed by atoms with Crippen molar-refractivity contribution in [2.45, 2.75) is 18.7 Å². The molecule has 1 aliphatic heterocycles. The molecule has 156 valence electrons. The first-order chi connectivity index (χ1) is 13.8. The van der Waals surface area contributed by atoms with Gasteiger partial charge in [0.15, 0.2) is 5.11 Å². The van der Waals surface area contributed by atoms with Gasteiger partial charge in [-0.2, -0.15) is 4.31 Å². The number of aryl methyl sites for hydroxylation is 2. The molecule has 2 N–H and O–H groups in total. The fourth-order valence-electron chi connectivity index (χ4n) is 3.20. The fraction of sp³-hybridized carbons (Fsp3) is 0.350. The van der Waals surface area contributed by atoms with E-state index in [1.54, 1.807) is 12.1 Å². The van der Waals surface area contributed by atoms with E-state index in [-0.39, 0.29) is 4.90 Å². The molecule has 1 saturated heterocycles. The van der Waals surface area contributed by atoms with Gasteiger partial charge in [-0.3, -0.25) is 0 Å². The highest BCUT2D eigenvalue weighted by atomic mass is 32.2. The maximum Gasteiger partial charge on any atom is 0.243 e. The Hall–Kier alpha value is -2.20. The number of hydrogen-bond donors (Lipinski definition) is 2. The second-order valence-electron chi connectivity index (χ2n) is 6.83. The number of rotatable bonds is 5. The van der Waals surface area contributed by atoms with E-state index in [0.717, 1.165) is 16.8 Å². The standard InChI is InChI=1S/C20H25N3O4S2/c1-14-10-15(2)12-16(11-14)21-20(28)22-18-5-4-17(13-19(18)26-3)29(24,25)23-6-8-27-9-7-23/h4-5,10-13H,6-9H2,1-3H3,(H2,21,22,28). The van der Waals surface area contributed by atoms with Crippen LogP contribution in [0.3, 0.4) is 0 Å². The minimum atomic E-state index is -3.60. The average Bonchev–Trinajstić information content (AvgIpc) is 2.68. The first-order valence-electron chi connectivity index (χ1n) is 9.22. The molecule has 0 saturated carbocycles. The number of nitrogens with one attached hydrogen (secondary N) is 2. The van der Waals surface area contributed by atoms with Crippen LogP contribution in [0.25, 0.3) is 0 Å². The van der Waals surface area contributed by atoms with Gasteiger partial charge in [0.1, 0.15) is 5.75 Å². The molecule has 0 aliphatic carbocycles. The van der Waals surface area contributed by atoms with Crippen molar-refractivity contribution < 1.29 is 17.9 Å². The summed E-state index contributed by atoms with van der Waals surface area (Å²) in [6.07, 6.45) is 0. The number of benzene rings is 2. The molecule has 2 aromatic rings. The molecule has 0 aromatic heterocycles. The van der Waals surface area contributed by atoms with Gasteiger partial charge in [0.05, 0.1) is 30.9 Å². The number of nitrogens with zero attached hydrogens (tertiary/aromatic N) is 1. The largest absolute Gasteiger partial charge is 0.495 e. The first-order valence-corrected chi connectivity index (χ1v) is 11.1. The minimum absolute atomic E-state index is 0.176. The zero-order valence-corrected chi connectivity index (χ0v) is 18.3. The normalized spacial score (nSPS) is 15.0. The lowest BCUT2D eigenvalue weighted by Crippen LogP contribution is -2.40. The maximum absolute atomic E-state index is 12.9. The van der Waals surface area contributed by atoms with Gasteiger partial charge in [-0.05, 0) is 61.5 Å². The molecule has 0 unspecified atom stereocenters. The number of morpholine rings is 1. The summed E-state index contributed by atoms with van der Waals surface area (Å²) < 4.78 is 37.8. The van der Waals surface area contributed by atoms with Crippen molar-refractivity contribution in [1.82, 2.24) is 4.31 Å². The third-order valence-electron chi connectivity index (χ3n) is 4.51. The summed E-state index contributed by atoms with van der Waals surface area (Å²) in [5, 5.41) is 6.60. The Kier molecular flexibility index (Phi) is 6.74.